The van der Waals surface area contributed by atoms with Crippen molar-refractivity contribution in [2.24, 2.45) is 0 Å². The fourth-order valence-electron chi connectivity index (χ4n) is 2.36. The quantitative estimate of drug-likeness (QED) is 0.664. The van der Waals surface area contributed by atoms with E-state index < -0.39 is 17.7 Å². The first-order valence-corrected chi connectivity index (χ1v) is 7.97. The van der Waals surface area contributed by atoms with Crippen LogP contribution in [0.15, 0.2) is 52.8 Å². The number of carbonyl (C=O) groups excluding carboxylic acids is 3. The Balaban J connectivity index is 1.76. The summed E-state index contributed by atoms with van der Waals surface area (Å²) in [5, 5.41) is 14.6. The highest BCUT2D eigenvalue weighted by atomic mass is 35.5. The van der Waals surface area contributed by atoms with Gasteiger partial charge in [0.25, 0.3) is 17.7 Å². The van der Waals surface area contributed by atoms with Gasteiger partial charge in [0.2, 0.25) is 0 Å². The monoisotopic (exact) mass is 375 g/mol. The van der Waals surface area contributed by atoms with E-state index in [9.17, 15) is 14.4 Å². The third-order valence-electron chi connectivity index (χ3n) is 3.57. The molecule has 8 nitrogen and oxygen atoms in total. The molecule has 0 bridgehead atoms. The lowest BCUT2D eigenvalue weighted by Gasteiger charge is -2.14. The molecule has 0 atom stereocenters. The van der Waals surface area contributed by atoms with E-state index in [0.29, 0.717) is 16.4 Å². The minimum absolute atomic E-state index is 0.0640. The first-order chi connectivity index (χ1) is 12.5. The van der Waals surface area contributed by atoms with Gasteiger partial charge in [0.1, 0.15) is 5.70 Å². The number of hydrogen-bond donors (Lipinski definition) is 3. The van der Waals surface area contributed by atoms with Crippen LogP contribution in [0.2, 0.25) is 5.02 Å². The lowest BCUT2D eigenvalue weighted by atomic mass is 10.2. The standard InChI is InChI=1S/C17H14ClN3O5/c18-11-4-3-10(8-12(11)20-16(24)14-2-1-7-26-14)19-13-9-15(23)21(5-6-22)17(13)25/h1-4,7-9,19,22H,5-6H2,(H,20,24). The SMILES string of the molecule is O=C(Nc1cc(NC2=CC(=O)N(CCO)C2=O)ccc1Cl)c1ccco1. The second-order valence-electron chi connectivity index (χ2n) is 5.33. The van der Waals surface area contributed by atoms with Gasteiger partial charge in [-0.3, -0.25) is 19.3 Å². The van der Waals surface area contributed by atoms with Crippen molar-refractivity contribution in [3.8, 4) is 0 Å². The molecule has 0 saturated heterocycles. The van der Waals surface area contributed by atoms with Gasteiger partial charge in [0, 0.05) is 11.8 Å². The van der Waals surface area contributed by atoms with Gasteiger partial charge in [-0.25, -0.2) is 0 Å². The Hall–Kier alpha value is -3.10. The second-order valence-corrected chi connectivity index (χ2v) is 5.73. The molecule has 1 aliphatic rings. The third-order valence-corrected chi connectivity index (χ3v) is 3.90. The molecule has 0 spiro atoms. The Labute approximate surface area is 153 Å². The zero-order chi connectivity index (χ0) is 18.7. The second kappa shape index (κ2) is 7.42. The van der Waals surface area contributed by atoms with Gasteiger partial charge in [-0.1, -0.05) is 11.6 Å². The van der Waals surface area contributed by atoms with Crippen molar-refractivity contribution in [2.75, 3.05) is 23.8 Å². The number of carbonyl (C=O) groups is 3. The van der Waals surface area contributed by atoms with Gasteiger partial charge < -0.3 is 20.2 Å². The number of β-amino-alcohol motifs (C(OH)–C–C–N with tert-alkyl or cyclic N) is 1. The van der Waals surface area contributed by atoms with E-state index in [1.807, 2.05) is 0 Å². The first kappa shape index (κ1) is 17.7. The molecule has 2 aromatic rings. The van der Waals surface area contributed by atoms with Gasteiger partial charge >= 0.3 is 0 Å². The zero-order valence-electron chi connectivity index (χ0n) is 13.4. The number of amides is 3. The van der Waals surface area contributed by atoms with Crippen LogP contribution in [-0.4, -0.2) is 40.9 Å². The number of halogens is 1. The molecular formula is C17H14ClN3O5. The Morgan fingerprint density at radius 3 is 2.77 bits per heavy atom. The number of aliphatic hydroxyl groups excluding tert-OH is 1. The Kier molecular flexibility index (Phi) is 5.06. The van der Waals surface area contributed by atoms with Gasteiger partial charge in [-0.05, 0) is 30.3 Å². The summed E-state index contributed by atoms with van der Waals surface area (Å²) in [6, 6.07) is 7.75. The van der Waals surface area contributed by atoms with E-state index in [1.54, 1.807) is 12.1 Å². The predicted molar refractivity (Wildman–Crippen MR) is 93.6 cm³/mol. The highest BCUT2D eigenvalue weighted by Crippen LogP contribution is 2.27. The van der Waals surface area contributed by atoms with E-state index in [0.717, 1.165) is 11.0 Å². The number of nitrogens with one attached hydrogen (secondary N) is 2. The molecule has 1 aliphatic heterocycles. The van der Waals surface area contributed by atoms with Crippen LogP contribution in [0.4, 0.5) is 11.4 Å². The molecule has 2 heterocycles. The molecule has 1 aromatic carbocycles. The van der Waals surface area contributed by atoms with Crippen LogP contribution in [0.5, 0.6) is 0 Å². The molecule has 0 saturated carbocycles. The average molecular weight is 376 g/mol. The fraction of sp³-hybridized carbons (Fsp3) is 0.118. The number of anilines is 2. The van der Waals surface area contributed by atoms with Crippen molar-refractivity contribution in [3.05, 3.63) is 59.2 Å². The van der Waals surface area contributed by atoms with Crippen LogP contribution in [0.3, 0.4) is 0 Å². The Bertz CT molecular complexity index is 892. The maximum Gasteiger partial charge on any atom is 0.291 e. The van der Waals surface area contributed by atoms with Gasteiger partial charge in [-0.2, -0.15) is 0 Å². The topological polar surface area (TPSA) is 112 Å². The van der Waals surface area contributed by atoms with Crippen molar-refractivity contribution < 1.29 is 23.9 Å². The van der Waals surface area contributed by atoms with Crippen LogP contribution in [0.25, 0.3) is 0 Å². The van der Waals surface area contributed by atoms with Crippen molar-refractivity contribution in [1.82, 2.24) is 4.90 Å². The highest BCUT2D eigenvalue weighted by molar-refractivity contribution is 6.34. The summed E-state index contributed by atoms with van der Waals surface area (Å²) >= 11 is 6.09. The van der Waals surface area contributed by atoms with Gasteiger partial charge in [0.05, 0.1) is 30.1 Å². The van der Waals surface area contributed by atoms with Crippen molar-refractivity contribution >= 4 is 40.7 Å². The van der Waals surface area contributed by atoms with Crippen molar-refractivity contribution in [2.45, 2.75) is 0 Å². The van der Waals surface area contributed by atoms with Crippen molar-refractivity contribution in [1.29, 1.82) is 0 Å². The number of rotatable bonds is 6. The van der Waals surface area contributed by atoms with Crippen molar-refractivity contribution in [3.63, 3.8) is 0 Å². The molecule has 3 amide bonds. The van der Waals surface area contributed by atoms with Crippen LogP contribution in [0.1, 0.15) is 10.6 Å². The number of imide groups is 1. The van der Waals surface area contributed by atoms with Gasteiger partial charge in [0.15, 0.2) is 5.76 Å². The number of furan rings is 1. The average Bonchev–Trinajstić information content (AvgIpc) is 3.23. The summed E-state index contributed by atoms with van der Waals surface area (Å²) < 4.78 is 5.02. The summed E-state index contributed by atoms with van der Waals surface area (Å²) in [6.45, 7) is -0.396. The summed E-state index contributed by atoms with van der Waals surface area (Å²) in [7, 11) is 0. The number of nitrogens with zero attached hydrogens (tertiary/aromatic N) is 1. The first-order valence-electron chi connectivity index (χ1n) is 7.59. The molecule has 26 heavy (non-hydrogen) atoms. The summed E-state index contributed by atoms with van der Waals surface area (Å²) in [4.78, 5) is 36.9. The molecule has 9 heteroatoms. The lowest BCUT2D eigenvalue weighted by molar-refractivity contribution is -0.137. The minimum atomic E-state index is -0.542. The van der Waals surface area contributed by atoms with Crippen LogP contribution in [0, 0.1) is 0 Å². The number of hydrogen-bond acceptors (Lipinski definition) is 6. The molecule has 0 aliphatic carbocycles. The van der Waals surface area contributed by atoms with E-state index in [-0.39, 0.29) is 24.6 Å². The Morgan fingerprint density at radius 2 is 2.08 bits per heavy atom. The summed E-state index contributed by atoms with van der Waals surface area (Å²) in [6.07, 6.45) is 2.52. The highest BCUT2D eigenvalue weighted by Gasteiger charge is 2.30. The molecular weight excluding hydrogens is 362 g/mol. The van der Waals surface area contributed by atoms with Gasteiger partial charge in [-0.15, -0.1) is 0 Å². The molecule has 0 fully saturated rings. The summed E-state index contributed by atoms with van der Waals surface area (Å²) in [5.74, 6) is -1.40. The molecule has 0 radical (unpaired) electrons. The van der Waals surface area contributed by atoms with E-state index in [2.05, 4.69) is 10.6 Å². The third kappa shape index (κ3) is 3.61. The van der Waals surface area contributed by atoms with E-state index in [1.165, 1.54) is 24.5 Å². The fourth-order valence-corrected chi connectivity index (χ4v) is 2.52. The normalized spacial score (nSPS) is 13.8. The largest absolute Gasteiger partial charge is 0.459 e. The molecule has 0 unspecified atom stereocenters. The maximum atomic E-state index is 12.2. The van der Waals surface area contributed by atoms with Crippen LogP contribution < -0.4 is 10.6 Å². The molecule has 3 N–H and O–H groups in total. The minimum Gasteiger partial charge on any atom is -0.459 e. The summed E-state index contributed by atoms with van der Waals surface area (Å²) in [5.41, 5.74) is 0.819. The molecule has 1 aromatic heterocycles. The number of benzene rings is 1. The Morgan fingerprint density at radius 1 is 1.27 bits per heavy atom. The zero-order valence-corrected chi connectivity index (χ0v) is 14.1. The van der Waals surface area contributed by atoms with E-state index in [4.69, 9.17) is 21.1 Å². The maximum absolute atomic E-state index is 12.2. The molecule has 3 rings (SSSR count). The lowest BCUT2D eigenvalue weighted by Crippen LogP contribution is -2.34. The smallest absolute Gasteiger partial charge is 0.291 e. The molecule has 134 valence electrons. The van der Waals surface area contributed by atoms with Crippen LogP contribution in [-0.2, 0) is 9.59 Å². The predicted octanol–water partition coefficient (Wildman–Crippen LogP) is 1.84. The van der Waals surface area contributed by atoms with Crippen LogP contribution >= 0.6 is 11.6 Å². The number of aliphatic hydroxyl groups is 1. The van der Waals surface area contributed by atoms with E-state index >= 15 is 0 Å².